The first-order valence-electron chi connectivity index (χ1n) is 9.52. The molecule has 150 valence electrons. The van der Waals surface area contributed by atoms with Gasteiger partial charge in [-0.1, -0.05) is 84.6 Å². The average molecular weight is 416 g/mol. The van der Waals surface area contributed by atoms with Crippen molar-refractivity contribution in [1.82, 2.24) is 14.8 Å². The molecule has 30 heavy (non-hydrogen) atoms. The molecule has 0 amide bonds. The molecule has 0 aliphatic heterocycles. The summed E-state index contributed by atoms with van der Waals surface area (Å²) in [5.74, 6) is 1.45. The minimum Gasteiger partial charge on any atom is -0.496 e. The van der Waals surface area contributed by atoms with Crippen LogP contribution in [0, 0.1) is 0 Å². The molecule has 1 heterocycles. The zero-order valence-corrected chi connectivity index (χ0v) is 17.5. The van der Waals surface area contributed by atoms with Crippen LogP contribution in [0.2, 0.25) is 0 Å². The van der Waals surface area contributed by atoms with Crippen LogP contribution in [0.4, 0.5) is 0 Å². The second-order valence-electron chi connectivity index (χ2n) is 6.70. The molecule has 0 radical (unpaired) electrons. The number of hydrogen-bond donors (Lipinski definition) is 0. The first-order chi connectivity index (χ1) is 14.7. The average Bonchev–Trinajstić information content (AvgIpc) is 3.18. The molecule has 0 fully saturated rings. The minimum atomic E-state index is -0.429. The monoisotopic (exact) mass is 415 g/mol. The molecule has 5 nitrogen and oxygen atoms in total. The summed E-state index contributed by atoms with van der Waals surface area (Å²) >= 11 is 1.40. The predicted molar refractivity (Wildman–Crippen MR) is 119 cm³/mol. The van der Waals surface area contributed by atoms with E-state index >= 15 is 0 Å². The standard InChI is InChI=1S/C24H21N3O2S/c1-27-23(19-15-9-10-16-20(19)29-2)25-26-24(27)30-22(18-13-7-4-8-14-18)21(28)17-11-5-3-6-12-17/h3-16,22H,1-2H3/t22-/m0/s1. The van der Waals surface area contributed by atoms with Crippen molar-refractivity contribution in [3.8, 4) is 17.1 Å². The van der Waals surface area contributed by atoms with Crippen molar-refractivity contribution < 1.29 is 9.53 Å². The lowest BCUT2D eigenvalue weighted by Crippen LogP contribution is -2.11. The van der Waals surface area contributed by atoms with E-state index in [0.29, 0.717) is 16.5 Å². The highest BCUT2D eigenvalue weighted by Gasteiger charge is 2.26. The molecule has 0 aliphatic carbocycles. The molecule has 6 heteroatoms. The zero-order chi connectivity index (χ0) is 20.9. The lowest BCUT2D eigenvalue weighted by Gasteiger charge is -2.16. The van der Waals surface area contributed by atoms with Gasteiger partial charge in [-0.15, -0.1) is 10.2 Å². The molecule has 4 rings (SSSR count). The van der Waals surface area contributed by atoms with Gasteiger partial charge in [-0.05, 0) is 17.7 Å². The predicted octanol–water partition coefficient (Wildman–Crippen LogP) is 5.21. The molecule has 0 unspecified atom stereocenters. The van der Waals surface area contributed by atoms with Crippen molar-refractivity contribution in [3.05, 3.63) is 96.1 Å². The number of nitrogens with zero attached hydrogens (tertiary/aromatic N) is 3. The fourth-order valence-electron chi connectivity index (χ4n) is 3.24. The molecule has 0 saturated heterocycles. The van der Waals surface area contributed by atoms with Crippen LogP contribution in [0.3, 0.4) is 0 Å². The van der Waals surface area contributed by atoms with Gasteiger partial charge in [-0.2, -0.15) is 0 Å². The van der Waals surface area contributed by atoms with Crippen LogP contribution >= 0.6 is 11.8 Å². The number of carbonyl (C=O) groups is 1. The maximum Gasteiger partial charge on any atom is 0.192 e. The van der Waals surface area contributed by atoms with Crippen LogP contribution in [-0.2, 0) is 7.05 Å². The fourth-order valence-corrected chi connectivity index (χ4v) is 4.32. The van der Waals surface area contributed by atoms with Crippen LogP contribution in [0.15, 0.2) is 90.1 Å². The molecule has 0 N–H and O–H groups in total. The van der Waals surface area contributed by atoms with Crippen LogP contribution in [-0.4, -0.2) is 27.7 Å². The fraction of sp³-hybridized carbons (Fsp3) is 0.125. The Bertz CT molecular complexity index is 1140. The van der Waals surface area contributed by atoms with Crippen LogP contribution < -0.4 is 4.74 Å². The summed E-state index contributed by atoms with van der Waals surface area (Å²) in [4.78, 5) is 13.3. The van der Waals surface area contributed by atoms with Crippen molar-refractivity contribution in [2.24, 2.45) is 7.05 Å². The van der Waals surface area contributed by atoms with Gasteiger partial charge in [0.1, 0.15) is 11.0 Å². The maximum atomic E-state index is 13.3. The third-order valence-electron chi connectivity index (χ3n) is 4.80. The van der Waals surface area contributed by atoms with E-state index in [0.717, 1.165) is 16.9 Å². The van der Waals surface area contributed by atoms with Gasteiger partial charge in [0.2, 0.25) is 0 Å². The smallest absolute Gasteiger partial charge is 0.192 e. The molecular formula is C24H21N3O2S. The first kappa shape index (κ1) is 19.9. The molecular weight excluding hydrogens is 394 g/mol. The molecule has 0 aliphatic rings. The minimum absolute atomic E-state index is 0.0358. The molecule has 4 aromatic rings. The van der Waals surface area contributed by atoms with Gasteiger partial charge in [-0.3, -0.25) is 4.79 Å². The van der Waals surface area contributed by atoms with Crippen LogP contribution in [0.5, 0.6) is 5.75 Å². The number of Topliss-reactive ketones (excluding diaryl/α,β-unsaturated/α-hetero) is 1. The van der Waals surface area contributed by atoms with E-state index in [4.69, 9.17) is 4.74 Å². The van der Waals surface area contributed by atoms with Crippen LogP contribution in [0.25, 0.3) is 11.4 Å². The number of rotatable bonds is 7. The normalized spacial score (nSPS) is 11.8. The summed E-state index contributed by atoms with van der Waals surface area (Å²) in [6.07, 6.45) is 0. The summed E-state index contributed by atoms with van der Waals surface area (Å²) in [5.41, 5.74) is 2.46. The van der Waals surface area contributed by atoms with E-state index in [1.165, 1.54) is 11.8 Å². The third-order valence-corrected chi connectivity index (χ3v) is 6.09. The Labute approximate surface area is 179 Å². The highest BCUT2D eigenvalue weighted by molar-refractivity contribution is 8.00. The Morgan fingerprint density at radius 2 is 1.53 bits per heavy atom. The lowest BCUT2D eigenvalue weighted by molar-refractivity contribution is 0.0989. The van der Waals surface area contributed by atoms with Crippen molar-refractivity contribution >= 4 is 17.5 Å². The Balaban J connectivity index is 1.71. The number of benzene rings is 3. The van der Waals surface area contributed by atoms with Gasteiger partial charge >= 0.3 is 0 Å². The summed E-state index contributed by atoms with van der Waals surface area (Å²) in [6.45, 7) is 0. The Kier molecular flexibility index (Phi) is 5.95. The van der Waals surface area contributed by atoms with E-state index in [1.807, 2.05) is 96.5 Å². The molecule has 1 aromatic heterocycles. The quantitative estimate of drug-likeness (QED) is 0.306. The van der Waals surface area contributed by atoms with Crippen molar-refractivity contribution in [3.63, 3.8) is 0 Å². The molecule has 0 saturated carbocycles. The van der Waals surface area contributed by atoms with Crippen molar-refractivity contribution in [2.75, 3.05) is 7.11 Å². The van der Waals surface area contributed by atoms with Crippen molar-refractivity contribution in [2.45, 2.75) is 10.4 Å². The SMILES string of the molecule is COc1ccccc1-c1nnc(S[C@H](C(=O)c2ccccc2)c2ccccc2)n1C. The molecule has 0 spiro atoms. The molecule has 0 bridgehead atoms. The van der Waals surface area contributed by atoms with E-state index in [-0.39, 0.29) is 5.78 Å². The number of thioether (sulfide) groups is 1. The van der Waals surface area contributed by atoms with Crippen LogP contribution in [0.1, 0.15) is 21.2 Å². The Morgan fingerprint density at radius 3 is 2.23 bits per heavy atom. The number of methoxy groups -OCH3 is 1. The second-order valence-corrected chi connectivity index (χ2v) is 7.78. The van der Waals surface area contributed by atoms with E-state index in [9.17, 15) is 4.79 Å². The third kappa shape index (κ3) is 4.00. The molecule has 3 aromatic carbocycles. The maximum absolute atomic E-state index is 13.3. The zero-order valence-electron chi connectivity index (χ0n) is 16.7. The number of hydrogen-bond acceptors (Lipinski definition) is 5. The van der Waals surface area contributed by atoms with E-state index < -0.39 is 5.25 Å². The van der Waals surface area contributed by atoms with Gasteiger partial charge in [-0.25, -0.2) is 0 Å². The van der Waals surface area contributed by atoms with Gasteiger partial charge in [0.25, 0.3) is 0 Å². The number of aromatic nitrogens is 3. The summed E-state index contributed by atoms with van der Waals surface area (Å²) in [5, 5.41) is 8.98. The lowest BCUT2D eigenvalue weighted by atomic mass is 10.0. The largest absolute Gasteiger partial charge is 0.496 e. The molecule has 1 atom stereocenters. The number of para-hydroxylation sites is 1. The number of carbonyl (C=O) groups excluding carboxylic acids is 1. The summed E-state index contributed by atoms with van der Waals surface area (Å²) < 4.78 is 7.37. The van der Waals surface area contributed by atoms with E-state index in [2.05, 4.69) is 10.2 Å². The van der Waals surface area contributed by atoms with Gasteiger partial charge in [0, 0.05) is 12.6 Å². The van der Waals surface area contributed by atoms with Gasteiger partial charge < -0.3 is 9.30 Å². The van der Waals surface area contributed by atoms with Crippen molar-refractivity contribution in [1.29, 1.82) is 0 Å². The summed E-state index contributed by atoms with van der Waals surface area (Å²) in [7, 11) is 3.54. The van der Waals surface area contributed by atoms with Gasteiger partial charge in [0.15, 0.2) is 16.8 Å². The second kappa shape index (κ2) is 8.97. The van der Waals surface area contributed by atoms with E-state index in [1.54, 1.807) is 7.11 Å². The summed E-state index contributed by atoms with van der Waals surface area (Å²) in [6, 6.07) is 26.8. The Hall–Kier alpha value is -3.38. The van der Waals surface area contributed by atoms with Gasteiger partial charge in [0.05, 0.1) is 12.7 Å². The number of ketones is 1. The highest BCUT2D eigenvalue weighted by Crippen LogP contribution is 2.38. The first-order valence-corrected chi connectivity index (χ1v) is 10.4. The Morgan fingerprint density at radius 1 is 0.900 bits per heavy atom. The number of ether oxygens (including phenoxy) is 1. The topological polar surface area (TPSA) is 57.0 Å². The highest BCUT2D eigenvalue weighted by atomic mass is 32.2.